The van der Waals surface area contributed by atoms with Crippen LogP contribution < -0.4 is 5.32 Å². The molecule has 1 atom stereocenters. The summed E-state index contributed by atoms with van der Waals surface area (Å²) in [6, 6.07) is 8.56. The molecule has 0 radical (unpaired) electrons. The van der Waals surface area contributed by atoms with E-state index in [4.69, 9.17) is 11.6 Å². The van der Waals surface area contributed by atoms with E-state index in [2.05, 4.69) is 38.2 Å². The summed E-state index contributed by atoms with van der Waals surface area (Å²) in [4.78, 5) is 0. The maximum atomic E-state index is 6.28. The van der Waals surface area contributed by atoms with Crippen LogP contribution in [0.25, 0.3) is 0 Å². The van der Waals surface area contributed by atoms with E-state index in [1.165, 1.54) is 24.8 Å². The van der Waals surface area contributed by atoms with Crippen LogP contribution in [0.2, 0.25) is 5.02 Å². The summed E-state index contributed by atoms with van der Waals surface area (Å²) in [5.74, 6) is 0.773. The Labute approximate surface area is 111 Å². The van der Waals surface area contributed by atoms with E-state index in [9.17, 15) is 0 Å². The van der Waals surface area contributed by atoms with Gasteiger partial charge in [-0.3, -0.25) is 0 Å². The molecule has 0 amide bonds. The molecule has 0 aromatic heterocycles. The SMILES string of the molecule is CCNC(CC(CC)CC)c1ccccc1Cl. The summed E-state index contributed by atoms with van der Waals surface area (Å²) in [5, 5.41) is 4.43. The van der Waals surface area contributed by atoms with E-state index in [1.54, 1.807) is 0 Å². The minimum absolute atomic E-state index is 0.388. The Morgan fingerprint density at radius 3 is 2.29 bits per heavy atom. The topological polar surface area (TPSA) is 12.0 Å². The number of hydrogen-bond acceptors (Lipinski definition) is 1. The smallest absolute Gasteiger partial charge is 0.0453 e. The standard InChI is InChI=1S/C15H24ClN/c1-4-12(5-2)11-15(17-6-3)13-9-7-8-10-14(13)16/h7-10,12,15,17H,4-6,11H2,1-3H3. The highest BCUT2D eigenvalue weighted by molar-refractivity contribution is 6.31. The summed E-state index contributed by atoms with van der Waals surface area (Å²) in [7, 11) is 0. The summed E-state index contributed by atoms with van der Waals surface area (Å²) < 4.78 is 0. The van der Waals surface area contributed by atoms with Gasteiger partial charge in [0.1, 0.15) is 0 Å². The molecule has 1 aromatic carbocycles. The fourth-order valence-corrected chi connectivity index (χ4v) is 2.55. The molecule has 1 nitrogen and oxygen atoms in total. The minimum Gasteiger partial charge on any atom is -0.310 e. The molecule has 0 fully saturated rings. The van der Waals surface area contributed by atoms with Crippen molar-refractivity contribution in [3.63, 3.8) is 0 Å². The number of halogens is 1. The lowest BCUT2D eigenvalue weighted by Gasteiger charge is -2.24. The Bertz CT molecular complexity index is 320. The van der Waals surface area contributed by atoms with Gasteiger partial charge in [0.2, 0.25) is 0 Å². The van der Waals surface area contributed by atoms with Gasteiger partial charge in [-0.25, -0.2) is 0 Å². The van der Waals surface area contributed by atoms with Gasteiger partial charge in [-0.15, -0.1) is 0 Å². The molecule has 1 aromatic rings. The molecule has 0 aliphatic carbocycles. The first-order valence-electron chi connectivity index (χ1n) is 6.70. The van der Waals surface area contributed by atoms with Gasteiger partial charge in [-0.2, -0.15) is 0 Å². The monoisotopic (exact) mass is 253 g/mol. The van der Waals surface area contributed by atoms with Gasteiger partial charge in [0.15, 0.2) is 0 Å². The summed E-state index contributed by atoms with van der Waals surface area (Å²) >= 11 is 6.28. The summed E-state index contributed by atoms with van der Waals surface area (Å²) in [5.41, 5.74) is 1.24. The van der Waals surface area contributed by atoms with E-state index in [0.717, 1.165) is 17.5 Å². The molecule has 1 unspecified atom stereocenters. The van der Waals surface area contributed by atoms with Crippen molar-refractivity contribution >= 4 is 11.6 Å². The zero-order chi connectivity index (χ0) is 12.7. The molecule has 2 heteroatoms. The molecule has 1 rings (SSSR count). The van der Waals surface area contributed by atoms with Crippen LogP contribution in [0.1, 0.15) is 51.6 Å². The molecular weight excluding hydrogens is 230 g/mol. The van der Waals surface area contributed by atoms with E-state index in [-0.39, 0.29) is 0 Å². The quantitative estimate of drug-likeness (QED) is 0.735. The average Bonchev–Trinajstić information content (AvgIpc) is 2.35. The lowest BCUT2D eigenvalue weighted by atomic mass is 9.91. The predicted octanol–water partition coefficient (Wildman–Crippen LogP) is 4.82. The second-order valence-electron chi connectivity index (χ2n) is 4.55. The Morgan fingerprint density at radius 2 is 1.76 bits per heavy atom. The highest BCUT2D eigenvalue weighted by Gasteiger charge is 2.17. The number of rotatable bonds is 7. The number of nitrogens with one attached hydrogen (secondary N) is 1. The summed E-state index contributed by atoms with van der Waals surface area (Å²) in [6.45, 7) is 7.67. The van der Waals surface area contributed by atoms with Crippen LogP contribution in [-0.4, -0.2) is 6.54 Å². The average molecular weight is 254 g/mol. The van der Waals surface area contributed by atoms with Crippen LogP contribution in [-0.2, 0) is 0 Å². The third kappa shape index (κ3) is 4.33. The Balaban J connectivity index is 2.81. The molecule has 1 N–H and O–H groups in total. The fourth-order valence-electron chi connectivity index (χ4n) is 2.28. The molecule has 17 heavy (non-hydrogen) atoms. The molecule has 0 saturated heterocycles. The molecule has 0 bridgehead atoms. The predicted molar refractivity (Wildman–Crippen MR) is 76.6 cm³/mol. The second-order valence-corrected chi connectivity index (χ2v) is 4.96. The Kier molecular flexibility index (Phi) is 6.61. The van der Waals surface area contributed by atoms with Gasteiger partial charge in [0.05, 0.1) is 0 Å². The summed E-state index contributed by atoms with van der Waals surface area (Å²) in [6.07, 6.45) is 3.65. The highest BCUT2D eigenvalue weighted by atomic mass is 35.5. The van der Waals surface area contributed by atoms with Gasteiger partial charge >= 0.3 is 0 Å². The van der Waals surface area contributed by atoms with E-state index < -0.39 is 0 Å². The van der Waals surface area contributed by atoms with Crippen molar-refractivity contribution in [2.45, 2.75) is 46.1 Å². The zero-order valence-electron chi connectivity index (χ0n) is 11.2. The van der Waals surface area contributed by atoms with Crippen LogP contribution in [0.4, 0.5) is 0 Å². The van der Waals surface area contributed by atoms with Crippen molar-refractivity contribution in [3.05, 3.63) is 34.9 Å². The largest absolute Gasteiger partial charge is 0.310 e. The molecule has 0 aliphatic rings. The first kappa shape index (κ1) is 14.5. The van der Waals surface area contributed by atoms with Crippen molar-refractivity contribution in [2.75, 3.05) is 6.54 Å². The van der Waals surface area contributed by atoms with E-state index in [1.807, 2.05) is 12.1 Å². The van der Waals surface area contributed by atoms with Crippen molar-refractivity contribution in [2.24, 2.45) is 5.92 Å². The van der Waals surface area contributed by atoms with Crippen molar-refractivity contribution in [1.82, 2.24) is 5.32 Å². The van der Waals surface area contributed by atoms with Crippen molar-refractivity contribution < 1.29 is 0 Å². The van der Waals surface area contributed by atoms with Gasteiger partial charge in [-0.05, 0) is 30.5 Å². The normalized spacial score (nSPS) is 13.0. The molecule has 96 valence electrons. The van der Waals surface area contributed by atoms with E-state index >= 15 is 0 Å². The maximum absolute atomic E-state index is 6.28. The lowest BCUT2D eigenvalue weighted by Crippen LogP contribution is -2.23. The van der Waals surface area contributed by atoms with Gasteiger partial charge in [-0.1, -0.05) is 63.4 Å². The van der Waals surface area contributed by atoms with Crippen LogP contribution in [0.5, 0.6) is 0 Å². The Morgan fingerprint density at radius 1 is 1.12 bits per heavy atom. The minimum atomic E-state index is 0.388. The van der Waals surface area contributed by atoms with Crippen LogP contribution >= 0.6 is 11.6 Å². The fraction of sp³-hybridized carbons (Fsp3) is 0.600. The Hall–Kier alpha value is -0.530. The highest BCUT2D eigenvalue weighted by Crippen LogP contribution is 2.29. The molecule has 0 heterocycles. The van der Waals surface area contributed by atoms with Crippen LogP contribution in [0.3, 0.4) is 0 Å². The molecule has 0 spiro atoms. The maximum Gasteiger partial charge on any atom is 0.0453 e. The van der Waals surface area contributed by atoms with E-state index in [0.29, 0.717) is 6.04 Å². The van der Waals surface area contributed by atoms with Crippen LogP contribution in [0, 0.1) is 5.92 Å². The molecule has 0 saturated carbocycles. The first-order valence-corrected chi connectivity index (χ1v) is 7.08. The number of hydrogen-bond donors (Lipinski definition) is 1. The second kappa shape index (κ2) is 7.73. The third-order valence-electron chi connectivity index (χ3n) is 3.45. The number of benzene rings is 1. The van der Waals surface area contributed by atoms with Gasteiger partial charge in [0, 0.05) is 11.1 Å². The molecular formula is C15H24ClN. The first-order chi connectivity index (χ1) is 8.22. The third-order valence-corrected chi connectivity index (χ3v) is 3.80. The zero-order valence-corrected chi connectivity index (χ0v) is 11.9. The van der Waals surface area contributed by atoms with Crippen LogP contribution in [0.15, 0.2) is 24.3 Å². The molecule has 0 aliphatic heterocycles. The van der Waals surface area contributed by atoms with Crippen molar-refractivity contribution in [1.29, 1.82) is 0 Å². The van der Waals surface area contributed by atoms with Gasteiger partial charge in [0.25, 0.3) is 0 Å². The lowest BCUT2D eigenvalue weighted by molar-refractivity contribution is 0.375. The van der Waals surface area contributed by atoms with Crippen molar-refractivity contribution in [3.8, 4) is 0 Å². The van der Waals surface area contributed by atoms with Gasteiger partial charge < -0.3 is 5.32 Å².